The summed E-state index contributed by atoms with van der Waals surface area (Å²) >= 11 is 0. The van der Waals surface area contributed by atoms with Gasteiger partial charge >= 0.3 is 0 Å². The standard InChI is InChI=1S/C15H22N2O3/c1-2-3-4-5-6-10-16-15(20)12-8-7-9-13(14(12)19)17-11-18/h7-9,11,19H,2-6,10H2,1H3,(H,16,20)(H,17,18). The lowest BCUT2D eigenvalue weighted by Gasteiger charge is -2.09. The maximum atomic E-state index is 11.9. The van der Waals surface area contributed by atoms with Crippen LogP contribution in [-0.4, -0.2) is 24.0 Å². The van der Waals surface area contributed by atoms with Crippen LogP contribution >= 0.6 is 0 Å². The van der Waals surface area contributed by atoms with Crippen LogP contribution in [0.3, 0.4) is 0 Å². The number of hydrogen-bond donors (Lipinski definition) is 3. The number of phenols is 1. The minimum atomic E-state index is -0.326. The third-order valence-corrected chi connectivity index (χ3v) is 3.06. The Morgan fingerprint density at radius 3 is 2.70 bits per heavy atom. The molecule has 1 aromatic carbocycles. The van der Waals surface area contributed by atoms with Gasteiger partial charge in [-0.05, 0) is 18.6 Å². The van der Waals surface area contributed by atoms with Crippen LogP contribution in [0.5, 0.6) is 5.75 Å². The van der Waals surface area contributed by atoms with Gasteiger partial charge in [-0.25, -0.2) is 0 Å². The fourth-order valence-corrected chi connectivity index (χ4v) is 1.93. The normalized spacial score (nSPS) is 10.1. The quantitative estimate of drug-likeness (QED) is 0.369. The Morgan fingerprint density at radius 2 is 2.00 bits per heavy atom. The van der Waals surface area contributed by atoms with Crippen molar-refractivity contribution in [1.82, 2.24) is 5.32 Å². The van der Waals surface area contributed by atoms with Gasteiger partial charge in [0.15, 0.2) is 5.75 Å². The Labute approximate surface area is 119 Å². The van der Waals surface area contributed by atoms with E-state index in [-0.39, 0.29) is 22.9 Å². The van der Waals surface area contributed by atoms with Gasteiger partial charge in [-0.2, -0.15) is 0 Å². The molecule has 0 aromatic heterocycles. The third kappa shape index (κ3) is 4.91. The van der Waals surface area contributed by atoms with Crippen LogP contribution in [0, 0.1) is 0 Å². The summed E-state index contributed by atoms with van der Waals surface area (Å²) in [5.41, 5.74) is 0.404. The van der Waals surface area contributed by atoms with Crippen molar-refractivity contribution in [1.29, 1.82) is 0 Å². The molecule has 0 atom stereocenters. The van der Waals surface area contributed by atoms with Crippen molar-refractivity contribution >= 4 is 18.0 Å². The molecule has 1 aromatic rings. The van der Waals surface area contributed by atoms with Crippen molar-refractivity contribution in [3.8, 4) is 5.75 Å². The van der Waals surface area contributed by atoms with Crippen molar-refractivity contribution in [2.45, 2.75) is 39.0 Å². The number of aromatic hydroxyl groups is 1. The fourth-order valence-electron chi connectivity index (χ4n) is 1.93. The van der Waals surface area contributed by atoms with Gasteiger partial charge in [0.25, 0.3) is 5.91 Å². The minimum absolute atomic E-state index is 0.172. The predicted octanol–water partition coefficient (Wildman–Crippen LogP) is 2.66. The van der Waals surface area contributed by atoms with E-state index in [9.17, 15) is 14.7 Å². The van der Waals surface area contributed by atoms with E-state index in [1.54, 1.807) is 6.07 Å². The van der Waals surface area contributed by atoms with E-state index in [0.717, 1.165) is 12.8 Å². The van der Waals surface area contributed by atoms with E-state index in [0.29, 0.717) is 13.0 Å². The summed E-state index contributed by atoms with van der Waals surface area (Å²) in [7, 11) is 0. The molecule has 0 heterocycles. The van der Waals surface area contributed by atoms with E-state index in [2.05, 4.69) is 17.6 Å². The minimum Gasteiger partial charge on any atom is -0.505 e. The number of carbonyl (C=O) groups excluding carboxylic acids is 2. The molecule has 5 nitrogen and oxygen atoms in total. The van der Waals surface area contributed by atoms with E-state index < -0.39 is 0 Å². The number of rotatable bonds is 9. The zero-order chi connectivity index (χ0) is 14.8. The molecule has 0 radical (unpaired) electrons. The number of unbranched alkanes of at least 4 members (excludes halogenated alkanes) is 4. The van der Waals surface area contributed by atoms with Crippen LogP contribution < -0.4 is 10.6 Å². The molecule has 20 heavy (non-hydrogen) atoms. The number of nitrogens with one attached hydrogen (secondary N) is 2. The highest BCUT2D eigenvalue weighted by atomic mass is 16.3. The van der Waals surface area contributed by atoms with E-state index >= 15 is 0 Å². The van der Waals surface area contributed by atoms with Crippen LogP contribution in [0.4, 0.5) is 5.69 Å². The van der Waals surface area contributed by atoms with Crippen molar-refractivity contribution < 1.29 is 14.7 Å². The van der Waals surface area contributed by atoms with Crippen LogP contribution in [0.2, 0.25) is 0 Å². The molecule has 0 spiro atoms. The van der Waals surface area contributed by atoms with Gasteiger partial charge in [0.1, 0.15) is 0 Å². The van der Waals surface area contributed by atoms with Gasteiger partial charge in [0.05, 0.1) is 11.3 Å². The van der Waals surface area contributed by atoms with E-state index in [4.69, 9.17) is 0 Å². The summed E-state index contributed by atoms with van der Waals surface area (Å²) in [5, 5.41) is 15.0. The number of hydrogen-bond acceptors (Lipinski definition) is 3. The topological polar surface area (TPSA) is 78.4 Å². The van der Waals surface area contributed by atoms with Crippen LogP contribution in [0.15, 0.2) is 18.2 Å². The maximum absolute atomic E-state index is 11.9. The Balaban J connectivity index is 2.47. The summed E-state index contributed by atoms with van der Waals surface area (Å²) in [4.78, 5) is 22.3. The average molecular weight is 278 g/mol. The predicted molar refractivity (Wildman–Crippen MR) is 78.9 cm³/mol. The zero-order valence-electron chi connectivity index (χ0n) is 11.8. The van der Waals surface area contributed by atoms with Gasteiger partial charge in [-0.1, -0.05) is 38.7 Å². The van der Waals surface area contributed by atoms with E-state index in [1.807, 2.05) is 0 Å². The van der Waals surface area contributed by atoms with Crippen molar-refractivity contribution in [2.75, 3.05) is 11.9 Å². The summed E-state index contributed by atoms with van der Waals surface area (Å²) in [6, 6.07) is 4.67. The third-order valence-electron chi connectivity index (χ3n) is 3.06. The number of para-hydroxylation sites is 1. The fraction of sp³-hybridized carbons (Fsp3) is 0.467. The first-order valence-corrected chi connectivity index (χ1v) is 7.01. The second-order valence-corrected chi connectivity index (χ2v) is 4.63. The molecule has 0 aliphatic carbocycles. The Hall–Kier alpha value is -2.04. The van der Waals surface area contributed by atoms with Crippen LogP contribution in [0.25, 0.3) is 0 Å². The Kier molecular flexibility index (Phi) is 7.17. The first-order valence-electron chi connectivity index (χ1n) is 7.01. The highest BCUT2D eigenvalue weighted by molar-refractivity contribution is 5.99. The Bertz CT molecular complexity index is 447. The highest BCUT2D eigenvalue weighted by Crippen LogP contribution is 2.26. The first-order chi connectivity index (χ1) is 9.70. The highest BCUT2D eigenvalue weighted by Gasteiger charge is 2.13. The monoisotopic (exact) mass is 278 g/mol. The van der Waals surface area contributed by atoms with Crippen molar-refractivity contribution in [3.63, 3.8) is 0 Å². The van der Waals surface area contributed by atoms with E-state index in [1.165, 1.54) is 31.4 Å². The molecular formula is C15H22N2O3. The van der Waals surface area contributed by atoms with Gasteiger partial charge in [-0.3, -0.25) is 9.59 Å². The zero-order valence-corrected chi connectivity index (χ0v) is 11.8. The molecule has 2 amide bonds. The van der Waals surface area contributed by atoms with Gasteiger partial charge in [-0.15, -0.1) is 0 Å². The smallest absolute Gasteiger partial charge is 0.255 e. The lowest BCUT2D eigenvalue weighted by Crippen LogP contribution is -2.24. The van der Waals surface area contributed by atoms with Gasteiger partial charge in [0.2, 0.25) is 6.41 Å². The molecule has 0 unspecified atom stereocenters. The Morgan fingerprint density at radius 1 is 1.25 bits per heavy atom. The molecule has 0 aliphatic heterocycles. The van der Waals surface area contributed by atoms with Crippen LogP contribution in [0.1, 0.15) is 49.4 Å². The SMILES string of the molecule is CCCCCCCNC(=O)c1cccc(NC=O)c1O. The molecule has 5 heteroatoms. The molecule has 0 fully saturated rings. The van der Waals surface area contributed by atoms with Crippen molar-refractivity contribution in [2.24, 2.45) is 0 Å². The molecular weight excluding hydrogens is 256 g/mol. The van der Waals surface area contributed by atoms with Crippen molar-refractivity contribution in [3.05, 3.63) is 23.8 Å². The summed E-state index contributed by atoms with van der Waals surface area (Å²) in [6.45, 7) is 2.75. The lowest BCUT2D eigenvalue weighted by atomic mass is 10.1. The molecule has 0 aliphatic rings. The first kappa shape index (κ1) is 16.0. The molecule has 110 valence electrons. The summed E-state index contributed by atoms with van der Waals surface area (Å²) in [5.74, 6) is -0.532. The number of anilines is 1. The molecule has 0 bridgehead atoms. The molecule has 0 saturated heterocycles. The second kappa shape index (κ2) is 8.96. The average Bonchev–Trinajstić information content (AvgIpc) is 2.45. The number of benzene rings is 1. The molecule has 1 rings (SSSR count). The van der Waals surface area contributed by atoms with Crippen LogP contribution in [-0.2, 0) is 4.79 Å². The molecule has 3 N–H and O–H groups in total. The number of amides is 2. The summed E-state index contributed by atoms with van der Waals surface area (Å²) < 4.78 is 0. The number of carbonyl (C=O) groups is 2. The lowest BCUT2D eigenvalue weighted by molar-refractivity contribution is -0.105. The number of phenolic OH excluding ortho intramolecular Hbond substituents is 1. The second-order valence-electron chi connectivity index (χ2n) is 4.63. The van der Waals surface area contributed by atoms with Gasteiger partial charge in [0, 0.05) is 6.54 Å². The maximum Gasteiger partial charge on any atom is 0.255 e. The summed E-state index contributed by atoms with van der Waals surface area (Å²) in [6.07, 6.45) is 6.07. The largest absolute Gasteiger partial charge is 0.505 e. The molecule has 0 saturated carbocycles. The van der Waals surface area contributed by atoms with Gasteiger partial charge < -0.3 is 15.7 Å².